The van der Waals surface area contributed by atoms with Gasteiger partial charge in [-0.2, -0.15) is 5.26 Å². The molecule has 0 amide bonds. The van der Waals surface area contributed by atoms with Crippen molar-refractivity contribution < 1.29 is 14.3 Å². The first-order valence-electron chi connectivity index (χ1n) is 3.65. The van der Waals surface area contributed by atoms with Crippen LogP contribution in [0.25, 0.3) is 0 Å². The van der Waals surface area contributed by atoms with E-state index in [-0.39, 0.29) is 16.1 Å². The topological polar surface area (TPSA) is 61.1 Å². The third-order valence-electron chi connectivity index (χ3n) is 1.64. The van der Waals surface area contributed by atoms with Crippen molar-refractivity contribution in [2.45, 2.75) is 6.42 Å². The zero-order valence-electron chi connectivity index (χ0n) is 6.92. The van der Waals surface area contributed by atoms with Crippen LogP contribution in [0.4, 0.5) is 4.39 Å². The monoisotopic (exact) mass is 213 g/mol. The summed E-state index contributed by atoms with van der Waals surface area (Å²) in [5, 5.41) is 16.9. The molecule has 0 aromatic heterocycles. The summed E-state index contributed by atoms with van der Waals surface area (Å²) in [7, 11) is 0. The largest absolute Gasteiger partial charge is 0.481 e. The number of benzene rings is 1. The summed E-state index contributed by atoms with van der Waals surface area (Å²) in [4.78, 5) is 10.4. The van der Waals surface area contributed by atoms with E-state index in [9.17, 15) is 9.18 Å². The second kappa shape index (κ2) is 4.07. The Kier molecular flexibility index (Phi) is 3.05. The van der Waals surface area contributed by atoms with Crippen molar-refractivity contribution in [1.82, 2.24) is 0 Å². The summed E-state index contributed by atoms with van der Waals surface area (Å²) in [6.45, 7) is 0. The van der Waals surface area contributed by atoms with Gasteiger partial charge in [0.25, 0.3) is 0 Å². The van der Waals surface area contributed by atoms with E-state index in [1.165, 1.54) is 12.1 Å². The molecule has 5 heteroatoms. The average Bonchev–Trinajstić information content (AvgIpc) is 2.13. The van der Waals surface area contributed by atoms with Crippen LogP contribution >= 0.6 is 11.6 Å². The Hall–Kier alpha value is -1.60. The second-order valence-corrected chi connectivity index (χ2v) is 2.98. The molecule has 0 heterocycles. The summed E-state index contributed by atoms with van der Waals surface area (Å²) in [5.74, 6) is -2.05. The third kappa shape index (κ3) is 2.01. The fourth-order valence-corrected chi connectivity index (χ4v) is 1.20. The molecule has 0 aliphatic carbocycles. The van der Waals surface area contributed by atoms with Gasteiger partial charge in [-0.3, -0.25) is 4.79 Å². The van der Waals surface area contributed by atoms with Gasteiger partial charge in [-0.25, -0.2) is 4.39 Å². The lowest BCUT2D eigenvalue weighted by atomic mass is 10.1. The Morgan fingerprint density at radius 3 is 2.79 bits per heavy atom. The van der Waals surface area contributed by atoms with Gasteiger partial charge >= 0.3 is 5.97 Å². The van der Waals surface area contributed by atoms with E-state index < -0.39 is 18.2 Å². The van der Waals surface area contributed by atoms with Gasteiger partial charge in [-0.1, -0.05) is 11.6 Å². The number of nitriles is 1. The van der Waals surface area contributed by atoms with Crippen LogP contribution in [-0.4, -0.2) is 11.1 Å². The standard InChI is InChI=1S/C9H5ClFNO2/c10-7-2-1-5(4-12)6(9(7)11)3-8(13)14/h1-2H,3H2,(H,13,14). The Morgan fingerprint density at radius 2 is 2.29 bits per heavy atom. The lowest BCUT2D eigenvalue weighted by Crippen LogP contribution is -2.05. The van der Waals surface area contributed by atoms with Crippen molar-refractivity contribution in [2.75, 3.05) is 0 Å². The number of carbonyl (C=O) groups is 1. The number of carboxylic acids is 1. The molecule has 0 spiro atoms. The van der Waals surface area contributed by atoms with Crippen molar-refractivity contribution >= 4 is 17.6 Å². The van der Waals surface area contributed by atoms with E-state index in [0.717, 1.165) is 0 Å². The van der Waals surface area contributed by atoms with Crippen molar-refractivity contribution in [3.05, 3.63) is 34.1 Å². The van der Waals surface area contributed by atoms with Crippen LogP contribution in [0, 0.1) is 17.1 Å². The molecule has 0 saturated heterocycles. The van der Waals surface area contributed by atoms with E-state index in [1.807, 2.05) is 0 Å². The molecule has 0 fully saturated rings. The first-order chi connectivity index (χ1) is 6.56. The molecule has 0 unspecified atom stereocenters. The minimum atomic E-state index is -1.21. The van der Waals surface area contributed by atoms with Gasteiger partial charge in [-0.05, 0) is 12.1 Å². The van der Waals surface area contributed by atoms with Crippen LogP contribution in [0.2, 0.25) is 5.02 Å². The van der Waals surface area contributed by atoms with Gasteiger partial charge in [0, 0.05) is 5.56 Å². The number of carboxylic acid groups (broad SMARTS) is 1. The molecule has 1 aromatic carbocycles. The van der Waals surface area contributed by atoms with Crippen LogP contribution in [-0.2, 0) is 11.2 Å². The highest BCUT2D eigenvalue weighted by molar-refractivity contribution is 6.30. The van der Waals surface area contributed by atoms with Crippen molar-refractivity contribution in [3.8, 4) is 6.07 Å². The van der Waals surface area contributed by atoms with E-state index in [1.54, 1.807) is 6.07 Å². The minimum Gasteiger partial charge on any atom is -0.481 e. The van der Waals surface area contributed by atoms with Gasteiger partial charge in [0.2, 0.25) is 0 Å². The molecule has 3 nitrogen and oxygen atoms in total. The molecule has 1 rings (SSSR count). The molecule has 0 aliphatic heterocycles. The molecule has 72 valence electrons. The van der Waals surface area contributed by atoms with Crippen molar-refractivity contribution in [1.29, 1.82) is 5.26 Å². The maximum absolute atomic E-state index is 13.3. The average molecular weight is 214 g/mol. The molecule has 1 aromatic rings. The minimum absolute atomic E-state index is 0.00528. The Balaban J connectivity index is 3.29. The van der Waals surface area contributed by atoms with Crippen LogP contribution in [0.5, 0.6) is 0 Å². The number of rotatable bonds is 2. The summed E-state index contributed by atoms with van der Waals surface area (Å²) in [6, 6.07) is 4.23. The highest BCUT2D eigenvalue weighted by Crippen LogP contribution is 2.21. The van der Waals surface area contributed by atoms with Gasteiger partial charge in [0.1, 0.15) is 5.82 Å². The fraction of sp³-hybridized carbons (Fsp3) is 0.111. The zero-order valence-corrected chi connectivity index (χ0v) is 7.68. The first-order valence-corrected chi connectivity index (χ1v) is 4.03. The van der Waals surface area contributed by atoms with Gasteiger partial charge in [0.15, 0.2) is 0 Å². The third-order valence-corrected chi connectivity index (χ3v) is 1.94. The predicted molar refractivity (Wildman–Crippen MR) is 47.5 cm³/mol. The number of hydrogen-bond acceptors (Lipinski definition) is 2. The van der Waals surface area contributed by atoms with E-state index in [2.05, 4.69) is 0 Å². The number of hydrogen-bond donors (Lipinski definition) is 1. The SMILES string of the molecule is N#Cc1ccc(Cl)c(F)c1CC(=O)O. The van der Waals surface area contributed by atoms with E-state index >= 15 is 0 Å². The Morgan fingerprint density at radius 1 is 1.64 bits per heavy atom. The first kappa shape index (κ1) is 10.5. The van der Waals surface area contributed by atoms with E-state index in [0.29, 0.717) is 0 Å². The summed E-state index contributed by atoms with van der Waals surface area (Å²) >= 11 is 5.45. The Bertz CT molecular complexity index is 426. The lowest BCUT2D eigenvalue weighted by Gasteiger charge is -2.03. The maximum atomic E-state index is 13.3. The molecule has 1 N–H and O–H groups in total. The smallest absolute Gasteiger partial charge is 0.307 e. The van der Waals surface area contributed by atoms with Crippen LogP contribution in [0.15, 0.2) is 12.1 Å². The quantitative estimate of drug-likeness (QED) is 0.817. The van der Waals surface area contributed by atoms with Crippen LogP contribution in [0.3, 0.4) is 0 Å². The molecule has 14 heavy (non-hydrogen) atoms. The second-order valence-electron chi connectivity index (χ2n) is 2.57. The molecule has 0 bridgehead atoms. The lowest BCUT2D eigenvalue weighted by molar-refractivity contribution is -0.136. The van der Waals surface area contributed by atoms with Crippen LogP contribution < -0.4 is 0 Å². The normalized spacial score (nSPS) is 9.50. The molecular weight excluding hydrogens is 209 g/mol. The number of halogens is 2. The van der Waals surface area contributed by atoms with Crippen molar-refractivity contribution in [2.24, 2.45) is 0 Å². The van der Waals surface area contributed by atoms with Crippen molar-refractivity contribution in [3.63, 3.8) is 0 Å². The van der Waals surface area contributed by atoms with Crippen LogP contribution in [0.1, 0.15) is 11.1 Å². The highest BCUT2D eigenvalue weighted by atomic mass is 35.5. The Labute approximate surface area is 84.3 Å². The molecule has 0 saturated carbocycles. The summed E-state index contributed by atoms with van der Waals surface area (Å²) < 4.78 is 13.3. The van der Waals surface area contributed by atoms with E-state index in [4.69, 9.17) is 22.0 Å². The molecule has 0 aliphatic rings. The predicted octanol–water partition coefficient (Wildman–Crippen LogP) is 1.98. The number of aliphatic carboxylic acids is 1. The zero-order chi connectivity index (χ0) is 10.7. The summed E-state index contributed by atoms with van der Waals surface area (Å²) in [5.41, 5.74) is -0.179. The maximum Gasteiger partial charge on any atom is 0.307 e. The molecule has 0 radical (unpaired) electrons. The van der Waals surface area contributed by atoms with Gasteiger partial charge in [0.05, 0.1) is 23.1 Å². The number of nitrogens with zero attached hydrogens (tertiary/aromatic N) is 1. The highest BCUT2D eigenvalue weighted by Gasteiger charge is 2.14. The molecule has 0 atom stereocenters. The molecular formula is C9H5ClFNO2. The van der Waals surface area contributed by atoms with Gasteiger partial charge in [-0.15, -0.1) is 0 Å². The van der Waals surface area contributed by atoms with Gasteiger partial charge < -0.3 is 5.11 Å². The summed E-state index contributed by atoms with van der Waals surface area (Å²) in [6.07, 6.45) is -0.546. The fourth-order valence-electron chi connectivity index (χ4n) is 1.02.